The van der Waals surface area contributed by atoms with E-state index in [-0.39, 0.29) is 16.9 Å². The van der Waals surface area contributed by atoms with Crippen molar-refractivity contribution in [3.8, 4) is 0 Å². The summed E-state index contributed by atoms with van der Waals surface area (Å²) in [6.07, 6.45) is 1.60. The third-order valence-electron chi connectivity index (χ3n) is 1.77. The van der Waals surface area contributed by atoms with E-state index in [0.29, 0.717) is 0 Å². The van der Waals surface area contributed by atoms with E-state index in [1.807, 2.05) is 41.5 Å². The summed E-state index contributed by atoms with van der Waals surface area (Å²) in [5.74, 6) is 0.106. The second-order valence-electron chi connectivity index (χ2n) is 5.28. The molecule has 0 aliphatic rings. The lowest BCUT2D eigenvalue weighted by molar-refractivity contribution is -0.140. The van der Waals surface area contributed by atoms with E-state index in [2.05, 4.69) is 6.58 Å². The minimum atomic E-state index is -0.346. The van der Waals surface area contributed by atoms with Crippen molar-refractivity contribution in [1.29, 1.82) is 0 Å². The molecule has 0 aliphatic carbocycles. The Kier molecular flexibility index (Phi) is 3.31. The fraction of sp³-hybridized carbons (Fsp3) is 0.727. The maximum absolute atomic E-state index is 11.9. The van der Waals surface area contributed by atoms with E-state index < -0.39 is 0 Å². The molecular formula is C11H21NO. The van der Waals surface area contributed by atoms with E-state index in [9.17, 15) is 4.79 Å². The van der Waals surface area contributed by atoms with Gasteiger partial charge < -0.3 is 4.90 Å². The summed E-state index contributed by atoms with van der Waals surface area (Å²) in [7, 11) is 0. The first-order valence-electron chi connectivity index (χ1n) is 4.57. The van der Waals surface area contributed by atoms with Crippen LogP contribution >= 0.6 is 0 Å². The molecule has 13 heavy (non-hydrogen) atoms. The van der Waals surface area contributed by atoms with Gasteiger partial charge in [-0.2, -0.15) is 0 Å². The normalized spacial score (nSPS) is 12.5. The van der Waals surface area contributed by atoms with Crippen LogP contribution in [0.2, 0.25) is 0 Å². The number of amides is 1. The zero-order valence-electron chi connectivity index (χ0n) is 9.64. The number of carbonyl (C=O) groups is 1. The number of rotatable bonds is 1. The molecule has 76 valence electrons. The monoisotopic (exact) mass is 183 g/mol. The Balaban J connectivity index is 4.82. The molecule has 0 saturated heterocycles. The Morgan fingerprint density at radius 3 is 1.62 bits per heavy atom. The quantitative estimate of drug-likeness (QED) is 0.612. The minimum Gasteiger partial charge on any atom is -0.314 e. The molecule has 2 nitrogen and oxygen atoms in total. The van der Waals surface area contributed by atoms with Gasteiger partial charge in [-0.1, -0.05) is 27.4 Å². The number of hydrogen-bond donors (Lipinski definition) is 0. The fourth-order valence-corrected chi connectivity index (χ4v) is 1.02. The fourth-order valence-electron chi connectivity index (χ4n) is 1.02. The van der Waals surface area contributed by atoms with Crippen molar-refractivity contribution in [3.63, 3.8) is 0 Å². The summed E-state index contributed by atoms with van der Waals surface area (Å²) >= 11 is 0. The lowest BCUT2D eigenvalue weighted by Gasteiger charge is -2.36. The van der Waals surface area contributed by atoms with Gasteiger partial charge in [0.1, 0.15) is 0 Å². The van der Waals surface area contributed by atoms with Crippen LogP contribution in [0.15, 0.2) is 12.8 Å². The maximum atomic E-state index is 11.9. The molecule has 0 saturated carbocycles. The van der Waals surface area contributed by atoms with Gasteiger partial charge in [0.15, 0.2) is 0 Å². The summed E-state index contributed by atoms with van der Waals surface area (Å²) in [5.41, 5.74) is -0.534. The molecule has 0 aromatic carbocycles. The highest BCUT2D eigenvalue weighted by atomic mass is 16.2. The Bertz CT molecular complexity index is 205. The molecule has 0 unspecified atom stereocenters. The summed E-state index contributed by atoms with van der Waals surface area (Å²) in [4.78, 5) is 13.6. The second kappa shape index (κ2) is 3.52. The summed E-state index contributed by atoms with van der Waals surface area (Å²) in [6, 6.07) is 0. The van der Waals surface area contributed by atoms with E-state index in [4.69, 9.17) is 0 Å². The third-order valence-corrected chi connectivity index (χ3v) is 1.77. The average Bonchev–Trinajstić information content (AvgIpc) is 1.83. The first kappa shape index (κ1) is 12.2. The Hall–Kier alpha value is -0.790. The van der Waals surface area contributed by atoms with Gasteiger partial charge in [0.05, 0.1) is 0 Å². The highest BCUT2D eigenvalue weighted by Gasteiger charge is 2.32. The molecule has 0 heterocycles. The van der Waals surface area contributed by atoms with Gasteiger partial charge in [0.2, 0.25) is 5.91 Å². The molecule has 0 fully saturated rings. The number of hydrogen-bond acceptors (Lipinski definition) is 1. The Morgan fingerprint density at radius 1 is 1.15 bits per heavy atom. The molecule has 0 bridgehead atoms. The van der Waals surface area contributed by atoms with Gasteiger partial charge in [0.25, 0.3) is 0 Å². The predicted molar refractivity (Wildman–Crippen MR) is 56.3 cm³/mol. The largest absolute Gasteiger partial charge is 0.314 e. The molecular weight excluding hydrogens is 162 g/mol. The van der Waals surface area contributed by atoms with Crippen molar-refractivity contribution in [3.05, 3.63) is 12.8 Å². The molecule has 1 amide bonds. The van der Waals surface area contributed by atoms with Crippen LogP contribution in [-0.2, 0) is 4.79 Å². The van der Waals surface area contributed by atoms with Crippen LogP contribution in [0.25, 0.3) is 0 Å². The highest BCUT2D eigenvalue weighted by molar-refractivity contribution is 5.83. The molecule has 2 heteroatoms. The topological polar surface area (TPSA) is 20.3 Å². The van der Waals surface area contributed by atoms with Crippen molar-refractivity contribution in [2.24, 2.45) is 5.41 Å². The lowest BCUT2D eigenvalue weighted by Crippen LogP contribution is -2.46. The van der Waals surface area contributed by atoms with E-state index in [0.717, 1.165) is 0 Å². The molecule has 0 aliphatic heterocycles. The van der Waals surface area contributed by atoms with Gasteiger partial charge in [-0.05, 0) is 20.8 Å². The van der Waals surface area contributed by atoms with Crippen LogP contribution in [-0.4, -0.2) is 16.3 Å². The summed E-state index contributed by atoms with van der Waals surface area (Å²) < 4.78 is 0. The van der Waals surface area contributed by atoms with Crippen LogP contribution in [0.5, 0.6) is 0 Å². The van der Waals surface area contributed by atoms with Gasteiger partial charge in [-0.25, -0.2) is 0 Å². The van der Waals surface area contributed by atoms with E-state index in [1.165, 1.54) is 0 Å². The first-order valence-corrected chi connectivity index (χ1v) is 4.57. The molecule has 0 N–H and O–H groups in total. The van der Waals surface area contributed by atoms with Crippen LogP contribution < -0.4 is 0 Å². The molecule has 0 aromatic heterocycles. The van der Waals surface area contributed by atoms with Gasteiger partial charge in [-0.3, -0.25) is 4.79 Å². The number of carbonyl (C=O) groups excluding carboxylic acids is 1. The number of nitrogens with zero attached hydrogens (tertiary/aromatic N) is 1. The van der Waals surface area contributed by atoms with Crippen molar-refractivity contribution in [1.82, 2.24) is 4.90 Å². The van der Waals surface area contributed by atoms with Gasteiger partial charge >= 0.3 is 0 Å². The zero-order valence-corrected chi connectivity index (χ0v) is 9.64. The summed E-state index contributed by atoms with van der Waals surface area (Å²) in [6.45, 7) is 15.4. The van der Waals surface area contributed by atoms with Crippen LogP contribution in [0, 0.1) is 5.41 Å². The third kappa shape index (κ3) is 3.21. The van der Waals surface area contributed by atoms with E-state index in [1.54, 1.807) is 11.1 Å². The standard InChI is InChI=1S/C11H21NO/c1-8-12(11(5,6)7)9(13)10(2,3)4/h8H,1H2,2-7H3. The maximum Gasteiger partial charge on any atom is 0.232 e. The van der Waals surface area contributed by atoms with Crippen molar-refractivity contribution < 1.29 is 4.79 Å². The zero-order chi connectivity index (χ0) is 10.9. The SMILES string of the molecule is C=CN(C(=O)C(C)(C)C)C(C)(C)C. The molecule has 0 radical (unpaired) electrons. The van der Waals surface area contributed by atoms with Crippen molar-refractivity contribution >= 4 is 5.91 Å². The Morgan fingerprint density at radius 2 is 1.54 bits per heavy atom. The molecule has 0 atom stereocenters. The Labute approximate surface area is 81.6 Å². The molecule has 0 rings (SSSR count). The van der Waals surface area contributed by atoms with Gasteiger partial charge in [0, 0.05) is 17.2 Å². The van der Waals surface area contributed by atoms with Crippen LogP contribution in [0.1, 0.15) is 41.5 Å². The minimum absolute atomic E-state index is 0.106. The lowest BCUT2D eigenvalue weighted by atomic mass is 9.92. The average molecular weight is 183 g/mol. The smallest absolute Gasteiger partial charge is 0.232 e. The summed E-state index contributed by atoms with van der Waals surface area (Å²) in [5, 5.41) is 0. The molecule has 0 spiro atoms. The second-order valence-corrected chi connectivity index (χ2v) is 5.28. The predicted octanol–water partition coefficient (Wildman–Crippen LogP) is 2.80. The molecule has 0 aromatic rings. The highest BCUT2D eigenvalue weighted by Crippen LogP contribution is 2.23. The van der Waals surface area contributed by atoms with Crippen molar-refractivity contribution in [2.45, 2.75) is 47.1 Å². The van der Waals surface area contributed by atoms with Crippen LogP contribution in [0.3, 0.4) is 0 Å². The van der Waals surface area contributed by atoms with Crippen LogP contribution in [0.4, 0.5) is 0 Å². The van der Waals surface area contributed by atoms with Gasteiger partial charge in [-0.15, -0.1) is 0 Å². The van der Waals surface area contributed by atoms with E-state index >= 15 is 0 Å². The van der Waals surface area contributed by atoms with Crippen molar-refractivity contribution in [2.75, 3.05) is 0 Å². The first-order chi connectivity index (χ1) is 5.60.